The molecule has 2 aromatic heterocycles. The number of nitrogens with zero attached hydrogens (tertiary/aromatic N) is 4. The zero-order chi connectivity index (χ0) is 18.6. The third-order valence-electron chi connectivity index (χ3n) is 4.98. The van der Waals surface area contributed by atoms with Crippen molar-refractivity contribution in [2.24, 2.45) is 0 Å². The van der Waals surface area contributed by atoms with E-state index in [0.717, 1.165) is 42.1 Å². The summed E-state index contributed by atoms with van der Waals surface area (Å²) in [6, 6.07) is 3.89. The standard InChI is InChI=1S/C19H24N6O2/c1-27-8-7-25-12-14(9-17(25)26)22-19-15-4-6-21-11-16(15)23-18(24-19)13-3-2-5-20-10-13/h2-3,5,10,14,21H,4,6-9,11-12H2,1H3,(H,22,23,24)/t14-/m1/s1. The molecule has 8 nitrogen and oxygen atoms in total. The average molecular weight is 368 g/mol. The number of aromatic nitrogens is 3. The number of methoxy groups -OCH3 is 1. The molecule has 4 heterocycles. The molecular weight excluding hydrogens is 344 g/mol. The van der Waals surface area contributed by atoms with Crippen LogP contribution in [0.4, 0.5) is 5.82 Å². The minimum Gasteiger partial charge on any atom is -0.383 e. The molecule has 0 aliphatic carbocycles. The number of hydrogen-bond acceptors (Lipinski definition) is 7. The van der Waals surface area contributed by atoms with Gasteiger partial charge in [-0.25, -0.2) is 9.97 Å². The van der Waals surface area contributed by atoms with Gasteiger partial charge in [0.25, 0.3) is 0 Å². The van der Waals surface area contributed by atoms with Crippen LogP contribution in [0.1, 0.15) is 17.7 Å². The molecule has 0 bridgehead atoms. The SMILES string of the molecule is COCCN1C[C@H](Nc2nc(-c3cccnc3)nc3c2CCNC3)CC1=O. The van der Waals surface area contributed by atoms with Crippen LogP contribution in [0, 0.1) is 0 Å². The molecule has 1 amide bonds. The van der Waals surface area contributed by atoms with Gasteiger partial charge >= 0.3 is 0 Å². The van der Waals surface area contributed by atoms with Gasteiger partial charge in [0.05, 0.1) is 18.3 Å². The number of fused-ring (bicyclic) bond motifs is 1. The van der Waals surface area contributed by atoms with Gasteiger partial charge in [-0.05, 0) is 25.1 Å². The number of carbonyl (C=O) groups is 1. The third-order valence-corrected chi connectivity index (χ3v) is 4.98. The van der Waals surface area contributed by atoms with Crippen molar-refractivity contribution in [3.05, 3.63) is 35.8 Å². The van der Waals surface area contributed by atoms with Gasteiger partial charge in [-0.3, -0.25) is 9.78 Å². The van der Waals surface area contributed by atoms with E-state index < -0.39 is 0 Å². The Morgan fingerprint density at radius 2 is 2.33 bits per heavy atom. The van der Waals surface area contributed by atoms with Crippen LogP contribution in [-0.2, 0) is 22.5 Å². The van der Waals surface area contributed by atoms with E-state index in [1.165, 1.54) is 0 Å². The molecule has 0 unspecified atom stereocenters. The Hall–Kier alpha value is -2.58. The zero-order valence-corrected chi connectivity index (χ0v) is 15.4. The van der Waals surface area contributed by atoms with Crippen molar-refractivity contribution in [3.8, 4) is 11.4 Å². The number of pyridine rings is 1. The van der Waals surface area contributed by atoms with Crippen LogP contribution in [0.3, 0.4) is 0 Å². The molecule has 1 fully saturated rings. The quantitative estimate of drug-likeness (QED) is 0.781. The van der Waals surface area contributed by atoms with Gasteiger partial charge in [0.2, 0.25) is 5.91 Å². The first-order valence-electron chi connectivity index (χ1n) is 9.28. The minimum absolute atomic E-state index is 0.0463. The van der Waals surface area contributed by atoms with Crippen LogP contribution in [0.5, 0.6) is 0 Å². The van der Waals surface area contributed by atoms with E-state index in [1.807, 2.05) is 17.0 Å². The van der Waals surface area contributed by atoms with Crippen molar-refractivity contribution in [2.45, 2.75) is 25.4 Å². The number of hydrogen-bond donors (Lipinski definition) is 2. The first kappa shape index (κ1) is 17.8. The lowest BCUT2D eigenvalue weighted by molar-refractivity contribution is -0.128. The molecule has 0 aromatic carbocycles. The number of likely N-dealkylation sites (tertiary alicyclic amines) is 1. The lowest BCUT2D eigenvalue weighted by atomic mass is 10.1. The first-order valence-corrected chi connectivity index (χ1v) is 9.28. The Bertz CT molecular complexity index is 813. The summed E-state index contributed by atoms with van der Waals surface area (Å²) in [6.45, 7) is 3.48. The van der Waals surface area contributed by atoms with Crippen molar-refractivity contribution in [1.29, 1.82) is 0 Å². The van der Waals surface area contributed by atoms with Crippen molar-refractivity contribution in [3.63, 3.8) is 0 Å². The van der Waals surface area contributed by atoms with Gasteiger partial charge in [-0.15, -0.1) is 0 Å². The lowest BCUT2D eigenvalue weighted by Gasteiger charge is -2.23. The number of ether oxygens (including phenoxy) is 1. The number of carbonyl (C=O) groups excluding carboxylic acids is 1. The van der Waals surface area contributed by atoms with Crippen molar-refractivity contribution in [2.75, 3.05) is 38.7 Å². The summed E-state index contributed by atoms with van der Waals surface area (Å²) in [6.07, 6.45) is 4.86. The molecule has 2 aliphatic heterocycles. The molecular formula is C19H24N6O2. The fourth-order valence-corrected chi connectivity index (χ4v) is 3.58. The highest BCUT2D eigenvalue weighted by Gasteiger charge is 2.30. The van der Waals surface area contributed by atoms with E-state index in [1.54, 1.807) is 19.5 Å². The maximum absolute atomic E-state index is 12.2. The highest BCUT2D eigenvalue weighted by Crippen LogP contribution is 2.26. The molecule has 0 saturated carbocycles. The fourth-order valence-electron chi connectivity index (χ4n) is 3.58. The molecule has 1 saturated heterocycles. The molecule has 0 radical (unpaired) electrons. The van der Waals surface area contributed by atoms with E-state index in [-0.39, 0.29) is 11.9 Å². The van der Waals surface area contributed by atoms with Gasteiger partial charge in [0.15, 0.2) is 5.82 Å². The molecule has 8 heteroatoms. The molecule has 2 N–H and O–H groups in total. The van der Waals surface area contributed by atoms with E-state index in [0.29, 0.717) is 31.9 Å². The van der Waals surface area contributed by atoms with Gasteiger partial charge in [-0.1, -0.05) is 0 Å². The summed E-state index contributed by atoms with van der Waals surface area (Å²) in [5.41, 5.74) is 3.04. The van der Waals surface area contributed by atoms with Crippen molar-refractivity contribution in [1.82, 2.24) is 25.2 Å². The van der Waals surface area contributed by atoms with Crippen LogP contribution in [0.25, 0.3) is 11.4 Å². The van der Waals surface area contributed by atoms with Crippen LogP contribution >= 0.6 is 0 Å². The Balaban J connectivity index is 1.59. The van der Waals surface area contributed by atoms with Gasteiger partial charge in [0, 0.05) is 56.7 Å². The summed E-state index contributed by atoms with van der Waals surface area (Å²) < 4.78 is 5.10. The lowest BCUT2D eigenvalue weighted by Crippen LogP contribution is -2.32. The van der Waals surface area contributed by atoms with Crippen molar-refractivity contribution >= 4 is 11.7 Å². The van der Waals surface area contributed by atoms with Gasteiger partial charge in [0.1, 0.15) is 5.82 Å². The van der Waals surface area contributed by atoms with Crippen LogP contribution in [0.2, 0.25) is 0 Å². The zero-order valence-electron chi connectivity index (χ0n) is 15.4. The topological polar surface area (TPSA) is 92.3 Å². The maximum atomic E-state index is 12.2. The average Bonchev–Trinajstić information content (AvgIpc) is 3.06. The summed E-state index contributed by atoms with van der Waals surface area (Å²) >= 11 is 0. The van der Waals surface area contributed by atoms with E-state index in [4.69, 9.17) is 14.7 Å². The monoisotopic (exact) mass is 368 g/mol. The second-order valence-electron chi connectivity index (χ2n) is 6.87. The predicted molar refractivity (Wildman–Crippen MR) is 101 cm³/mol. The molecule has 2 aliphatic rings. The molecule has 4 rings (SSSR count). The minimum atomic E-state index is 0.0463. The highest BCUT2D eigenvalue weighted by molar-refractivity contribution is 5.80. The van der Waals surface area contributed by atoms with Crippen molar-refractivity contribution < 1.29 is 9.53 Å². The van der Waals surface area contributed by atoms with Gasteiger partial charge < -0.3 is 20.3 Å². The predicted octanol–water partition coefficient (Wildman–Crippen LogP) is 0.843. The summed E-state index contributed by atoms with van der Waals surface area (Å²) in [5, 5.41) is 6.88. The Labute approximate surface area is 158 Å². The highest BCUT2D eigenvalue weighted by atomic mass is 16.5. The van der Waals surface area contributed by atoms with Crippen LogP contribution in [0.15, 0.2) is 24.5 Å². The van der Waals surface area contributed by atoms with E-state index in [9.17, 15) is 4.79 Å². The number of rotatable bonds is 6. The Morgan fingerprint density at radius 3 is 3.15 bits per heavy atom. The second kappa shape index (κ2) is 7.98. The Morgan fingerprint density at radius 1 is 1.41 bits per heavy atom. The third kappa shape index (κ3) is 3.91. The maximum Gasteiger partial charge on any atom is 0.224 e. The largest absolute Gasteiger partial charge is 0.383 e. The van der Waals surface area contributed by atoms with E-state index >= 15 is 0 Å². The summed E-state index contributed by atoms with van der Waals surface area (Å²) in [5.74, 6) is 1.65. The van der Waals surface area contributed by atoms with Crippen LogP contribution < -0.4 is 10.6 Å². The normalized spacial score (nSPS) is 19.2. The molecule has 1 atom stereocenters. The fraction of sp³-hybridized carbons (Fsp3) is 0.474. The summed E-state index contributed by atoms with van der Waals surface area (Å²) in [7, 11) is 1.65. The van der Waals surface area contributed by atoms with Crippen LogP contribution in [-0.4, -0.2) is 65.2 Å². The summed E-state index contributed by atoms with van der Waals surface area (Å²) in [4.78, 5) is 27.8. The molecule has 0 spiro atoms. The smallest absolute Gasteiger partial charge is 0.224 e. The van der Waals surface area contributed by atoms with Gasteiger partial charge in [-0.2, -0.15) is 0 Å². The van der Waals surface area contributed by atoms with E-state index in [2.05, 4.69) is 15.6 Å². The molecule has 2 aromatic rings. The molecule has 142 valence electrons. The first-order chi connectivity index (χ1) is 13.2. The molecule has 27 heavy (non-hydrogen) atoms. The Kier molecular flexibility index (Phi) is 5.26. The second-order valence-corrected chi connectivity index (χ2v) is 6.87. The number of nitrogens with one attached hydrogen (secondary N) is 2. The number of anilines is 1. The number of amides is 1.